The van der Waals surface area contributed by atoms with Crippen LogP contribution < -0.4 is 0 Å². The maximum Gasteiger partial charge on any atom is 0.0828 e. The van der Waals surface area contributed by atoms with Crippen LogP contribution in [0.4, 0.5) is 0 Å². The molecule has 82 valence electrons. The van der Waals surface area contributed by atoms with Crippen molar-refractivity contribution < 1.29 is 5.11 Å². The minimum Gasteiger partial charge on any atom is -0.386 e. The Balaban J connectivity index is 2.81. The van der Waals surface area contributed by atoms with Crippen LogP contribution in [0.5, 0.6) is 0 Å². The van der Waals surface area contributed by atoms with Crippen LogP contribution in [0.15, 0.2) is 11.6 Å². The molecule has 0 bridgehead atoms. The minimum absolute atomic E-state index is 0.283. The topological polar surface area (TPSA) is 20.2 Å². The Morgan fingerprint density at radius 3 is 2.64 bits per heavy atom. The average Bonchev–Trinajstić information content (AvgIpc) is 2.02. The van der Waals surface area contributed by atoms with Crippen LogP contribution in [0.2, 0.25) is 0 Å². The van der Waals surface area contributed by atoms with Crippen molar-refractivity contribution in [2.24, 2.45) is 5.41 Å². The largest absolute Gasteiger partial charge is 0.386 e. The van der Waals surface area contributed by atoms with Gasteiger partial charge in [0.05, 0.1) is 5.60 Å². The summed E-state index contributed by atoms with van der Waals surface area (Å²) in [6.07, 6.45) is 7.78. The third-order valence-electron chi connectivity index (χ3n) is 3.26. The third-order valence-corrected chi connectivity index (χ3v) is 3.26. The molecular weight excluding hydrogens is 172 g/mol. The van der Waals surface area contributed by atoms with Crippen LogP contribution >= 0.6 is 0 Å². The second-order valence-corrected chi connectivity index (χ2v) is 5.54. The summed E-state index contributed by atoms with van der Waals surface area (Å²) in [4.78, 5) is 0. The third kappa shape index (κ3) is 2.84. The fourth-order valence-electron chi connectivity index (χ4n) is 2.42. The van der Waals surface area contributed by atoms with E-state index in [0.717, 1.165) is 19.3 Å². The van der Waals surface area contributed by atoms with Crippen molar-refractivity contribution in [3.8, 4) is 0 Å². The molecule has 1 aliphatic carbocycles. The molecule has 1 aliphatic rings. The SMILES string of the molecule is CCCC(C)(O)C1=CC(C)(C)CCC1. The van der Waals surface area contributed by atoms with Gasteiger partial charge in [0.25, 0.3) is 0 Å². The lowest BCUT2D eigenvalue weighted by atomic mass is 9.74. The quantitative estimate of drug-likeness (QED) is 0.683. The molecule has 0 aliphatic heterocycles. The molecule has 0 saturated heterocycles. The zero-order valence-electron chi connectivity index (χ0n) is 10.1. The summed E-state index contributed by atoms with van der Waals surface area (Å²) in [5.74, 6) is 0. The van der Waals surface area contributed by atoms with Crippen molar-refractivity contribution in [1.29, 1.82) is 0 Å². The Morgan fingerprint density at radius 1 is 1.50 bits per heavy atom. The molecule has 1 rings (SSSR count). The van der Waals surface area contributed by atoms with E-state index in [1.807, 2.05) is 6.92 Å². The summed E-state index contributed by atoms with van der Waals surface area (Å²) in [5, 5.41) is 10.3. The fraction of sp³-hybridized carbons (Fsp3) is 0.846. The van der Waals surface area contributed by atoms with E-state index in [4.69, 9.17) is 0 Å². The minimum atomic E-state index is -0.563. The van der Waals surface area contributed by atoms with Gasteiger partial charge in [-0.1, -0.05) is 33.3 Å². The van der Waals surface area contributed by atoms with Gasteiger partial charge in [-0.15, -0.1) is 0 Å². The number of rotatable bonds is 3. The maximum absolute atomic E-state index is 10.3. The molecule has 0 amide bonds. The molecule has 14 heavy (non-hydrogen) atoms. The normalized spacial score (nSPS) is 25.4. The number of allylic oxidation sites excluding steroid dienone is 1. The fourth-order valence-corrected chi connectivity index (χ4v) is 2.42. The first-order chi connectivity index (χ1) is 6.37. The number of aliphatic hydroxyl groups is 1. The van der Waals surface area contributed by atoms with Crippen molar-refractivity contribution in [1.82, 2.24) is 0 Å². The zero-order chi connectivity index (χ0) is 10.8. The van der Waals surface area contributed by atoms with E-state index in [-0.39, 0.29) is 5.41 Å². The maximum atomic E-state index is 10.3. The highest BCUT2D eigenvalue weighted by Crippen LogP contribution is 2.38. The van der Waals surface area contributed by atoms with Crippen molar-refractivity contribution >= 4 is 0 Å². The van der Waals surface area contributed by atoms with Crippen molar-refractivity contribution in [3.05, 3.63) is 11.6 Å². The molecule has 0 aromatic rings. The zero-order valence-corrected chi connectivity index (χ0v) is 10.1. The summed E-state index contributed by atoms with van der Waals surface area (Å²) in [6.45, 7) is 8.61. The Bertz CT molecular complexity index is 223. The average molecular weight is 196 g/mol. The van der Waals surface area contributed by atoms with Gasteiger partial charge in [-0.3, -0.25) is 0 Å². The van der Waals surface area contributed by atoms with Crippen LogP contribution in [0, 0.1) is 5.41 Å². The lowest BCUT2D eigenvalue weighted by Gasteiger charge is -2.34. The predicted octanol–water partition coefficient (Wildman–Crippen LogP) is 3.67. The van der Waals surface area contributed by atoms with Gasteiger partial charge in [-0.2, -0.15) is 0 Å². The van der Waals surface area contributed by atoms with E-state index in [9.17, 15) is 5.11 Å². The van der Waals surface area contributed by atoms with E-state index in [0.29, 0.717) is 0 Å². The van der Waals surface area contributed by atoms with E-state index in [2.05, 4.69) is 26.8 Å². The Labute approximate surface area is 88.2 Å². The van der Waals surface area contributed by atoms with E-state index in [1.54, 1.807) is 0 Å². The standard InChI is InChI=1S/C13H24O/c1-5-8-13(4,14)11-7-6-9-12(2,3)10-11/h10,14H,5-9H2,1-4H3. The van der Waals surface area contributed by atoms with Crippen molar-refractivity contribution in [2.75, 3.05) is 0 Å². The van der Waals surface area contributed by atoms with Gasteiger partial charge in [0, 0.05) is 0 Å². The monoisotopic (exact) mass is 196 g/mol. The molecule has 0 aromatic carbocycles. The molecule has 1 unspecified atom stereocenters. The van der Waals surface area contributed by atoms with Crippen molar-refractivity contribution in [2.45, 2.75) is 65.4 Å². The second kappa shape index (κ2) is 4.06. The summed E-state index contributed by atoms with van der Waals surface area (Å²) in [7, 11) is 0. The first-order valence-corrected chi connectivity index (χ1v) is 5.82. The molecular formula is C13H24O. The summed E-state index contributed by atoms with van der Waals surface area (Å²) >= 11 is 0. The Kier molecular flexibility index (Phi) is 3.41. The number of hydrogen-bond donors (Lipinski definition) is 1. The molecule has 0 heterocycles. The first-order valence-electron chi connectivity index (χ1n) is 5.82. The van der Waals surface area contributed by atoms with Gasteiger partial charge in [0.1, 0.15) is 0 Å². The van der Waals surface area contributed by atoms with Gasteiger partial charge < -0.3 is 5.11 Å². The Hall–Kier alpha value is -0.300. The molecule has 0 fully saturated rings. The summed E-state index contributed by atoms with van der Waals surface area (Å²) < 4.78 is 0. The van der Waals surface area contributed by atoms with E-state index >= 15 is 0 Å². The van der Waals surface area contributed by atoms with Crippen LogP contribution in [0.25, 0.3) is 0 Å². The van der Waals surface area contributed by atoms with Crippen molar-refractivity contribution in [3.63, 3.8) is 0 Å². The van der Waals surface area contributed by atoms with Crippen LogP contribution in [0.1, 0.15) is 59.8 Å². The summed E-state index contributed by atoms with van der Waals surface area (Å²) in [5.41, 5.74) is 0.980. The molecule has 0 radical (unpaired) electrons. The second-order valence-electron chi connectivity index (χ2n) is 5.54. The molecule has 1 heteroatoms. The Morgan fingerprint density at radius 2 is 2.14 bits per heavy atom. The molecule has 1 nitrogen and oxygen atoms in total. The molecule has 0 spiro atoms. The molecule has 1 N–H and O–H groups in total. The lowest BCUT2D eigenvalue weighted by molar-refractivity contribution is 0.0796. The highest BCUT2D eigenvalue weighted by molar-refractivity contribution is 5.20. The van der Waals surface area contributed by atoms with Gasteiger partial charge >= 0.3 is 0 Å². The van der Waals surface area contributed by atoms with Gasteiger partial charge in [0.15, 0.2) is 0 Å². The molecule has 1 atom stereocenters. The van der Waals surface area contributed by atoms with E-state index < -0.39 is 5.60 Å². The highest BCUT2D eigenvalue weighted by Gasteiger charge is 2.30. The first kappa shape index (κ1) is 11.8. The van der Waals surface area contributed by atoms with Crippen LogP contribution in [-0.2, 0) is 0 Å². The number of hydrogen-bond acceptors (Lipinski definition) is 1. The van der Waals surface area contributed by atoms with Gasteiger partial charge in [-0.25, -0.2) is 0 Å². The predicted molar refractivity (Wildman–Crippen MR) is 61.2 cm³/mol. The molecule has 0 saturated carbocycles. The highest BCUT2D eigenvalue weighted by atomic mass is 16.3. The van der Waals surface area contributed by atoms with E-state index in [1.165, 1.54) is 18.4 Å². The molecule has 0 aromatic heterocycles. The van der Waals surface area contributed by atoms with Gasteiger partial charge in [0.2, 0.25) is 0 Å². The van der Waals surface area contributed by atoms with Crippen LogP contribution in [-0.4, -0.2) is 10.7 Å². The van der Waals surface area contributed by atoms with Crippen LogP contribution in [0.3, 0.4) is 0 Å². The van der Waals surface area contributed by atoms with Gasteiger partial charge in [-0.05, 0) is 43.6 Å². The lowest BCUT2D eigenvalue weighted by Crippen LogP contribution is -2.30. The smallest absolute Gasteiger partial charge is 0.0828 e. The summed E-state index contributed by atoms with van der Waals surface area (Å²) in [6, 6.07) is 0.